The summed E-state index contributed by atoms with van der Waals surface area (Å²) in [6, 6.07) is 1.56. The zero-order valence-electron chi connectivity index (χ0n) is 9.84. The maximum Gasteiger partial charge on any atom is 0.0196 e. The first-order valence-corrected chi connectivity index (χ1v) is 6.08. The van der Waals surface area contributed by atoms with Gasteiger partial charge in [0.15, 0.2) is 0 Å². The summed E-state index contributed by atoms with van der Waals surface area (Å²) in [5, 5.41) is 3.47. The molecule has 2 fully saturated rings. The molecule has 0 radical (unpaired) electrons. The van der Waals surface area contributed by atoms with Crippen molar-refractivity contribution < 1.29 is 0 Å². The lowest BCUT2D eigenvalue weighted by atomic mass is 9.85. The molecule has 1 heterocycles. The zero-order chi connectivity index (χ0) is 10.2. The van der Waals surface area contributed by atoms with Gasteiger partial charge in [-0.25, -0.2) is 0 Å². The summed E-state index contributed by atoms with van der Waals surface area (Å²) in [6.45, 7) is 10.8. The molecule has 0 bridgehead atoms. The molecule has 2 atom stereocenters. The van der Waals surface area contributed by atoms with Gasteiger partial charge in [-0.05, 0) is 25.2 Å². The fourth-order valence-corrected chi connectivity index (χ4v) is 3.24. The lowest BCUT2D eigenvalue weighted by Gasteiger charge is -2.44. The summed E-state index contributed by atoms with van der Waals surface area (Å²) >= 11 is 0. The first-order chi connectivity index (χ1) is 6.61. The van der Waals surface area contributed by atoms with Crippen LogP contribution in [0, 0.1) is 5.41 Å². The van der Waals surface area contributed by atoms with Gasteiger partial charge in [0.25, 0.3) is 0 Å². The Kier molecular flexibility index (Phi) is 2.85. The van der Waals surface area contributed by atoms with Crippen molar-refractivity contribution in [2.24, 2.45) is 5.41 Å². The molecule has 14 heavy (non-hydrogen) atoms. The Hall–Kier alpha value is -0.0800. The van der Waals surface area contributed by atoms with E-state index in [1.807, 2.05) is 0 Å². The Bertz CT molecular complexity index is 200. The maximum atomic E-state index is 3.47. The Morgan fingerprint density at radius 2 is 2.14 bits per heavy atom. The van der Waals surface area contributed by atoms with Crippen molar-refractivity contribution in [3.8, 4) is 0 Å². The van der Waals surface area contributed by atoms with E-state index >= 15 is 0 Å². The minimum atomic E-state index is 0.547. The van der Waals surface area contributed by atoms with Gasteiger partial charge < -0.3 is 5.32 Å². The van der Waals surface area contributed by atoms with Gasteiger partial charge in [-0.2, -0.15) is 0 Å². The largest absolute Gasteiger partial charge is 0.314 e. The monoisotopic (exact) mass is 196 g/mol. The molecular weight excluding hydrogens is 172 g/mol. The van der Waals surface area contributed by atoms with Crippen molar-refractivity contribution in [1.29, 1.82) is 0 Å². The smallest absolute Gasteiger partial charge is 0.0196 e. The van der Waals surface area contributed by atoms with Crippen LogP contribution < -0.4 is 5.32 Å². The molecule has 1 saturated carbocycles. The molecule has 82 valence electrons. The van der Waals surface area contributed by atoms with Crippen LogP contribution in [0.5, 0.6) is 0 Å². The Labute approximate surface area is 88.1 Å². The van der Waals surface area contributed by atoms with E-state index < -0.39 is 0 Å². The second kappa shape index (κ2) is 3.82. The van der Waals surface area contributed by atoms with Gasteiger partial charge >= 0.3 is 0 Å². The van der Waals surface area contributed by atoms with Crippen LogP contribution in [0.4, 0.5) is 0 Å². The van der Waals surface area contributed by atoms with E-state index in [1.165, 1.54) is 38.9 Å². The van der Waals surface area contributed by atoms with Crippen LogP contribution >= 0.6 is 0 Å². The van der Waals surface area contributed by atoms with Crippen molar-refractivity contribution in [2.75, 3.05) is 19.6 Å². The summed E-state index contributed by atoms with van der Waals surface area (Å²) in [5.74, 6) is 0. The topological polar surface area (TPSA) is 15.3 Å². The van der Waals surface area contributed by atoms with Crippen molar-refractivity contribution in [2.45, 2.75) is 52.1 Å². The molecule has 0 aromatic carbocycles. The van der Waals surface area contributed by atoms with Gasteiger partial charge in [-0.3, -0.25) is 4.90 Å². The third-order valence-electron chi connectivity index (χ3n) is 4.15. The van der Waals surface area contributed by atoms with Crippen LogP contribution in [-0.2, 0) is 0 Å². The molecule has 1 N–H and O–H groups in total. The number of rotatable bonds is 1. The fourth-order valence-electron chi connectivity index (χ4n) is 3.24. The van der Waals surface area contributed by atoms with E-state index in [0.29, 0.717) is 5.41 Å². The quantitative estimate of drug-likeness (QED) is 0.688. The first-order valence-electron chi connectivity index (χ1n) is 6.08. The van der Waals surface area contributed by atoms with Gasteiger partial charge in [0, 0.05) is 31.7 Å². The minimum Gasteiger partial charge on any atom is -0.314 e. The van der Waals surface area contributed by atoms with Crippen LogP contribution in [0.25, 0.3) is 0 Å². The highest BCUT2D eigenvalue weighted by molar-refractivity contribution is 4.95. The van der Waals surface area contributed by atoms with E-state index in [9.17, 15) is 0 Å². The second-order valence-corrected chi connectivity index (χ2v) is 5.69. The average Bonchev–Trinajstić information content (AvgIpc) is 2.46. The normalized spacial score (nSPS) is 38.8. The van der Waals surface area contributed by atoms with Gasteiger partial charge in [0.1, 0.15) is 0 Å². The predicted octanol–water partition coefficient (Wildman–Crippen LogP) is 1.86. The highest BCUT2D eigenvalue weighted by Crippen LogP contribution is 2.41. The molecule has 1 aliphatic carbocycles. The van der Waals surface area contributed by atoms with Gasteiger partial charge in [0.2, 0.25) is 0 Å². The summed E-state index contributed by atoms with van der Waals surface area (Å²) in [5.41, 5.74) is 0.547. The molecule has 2 aliphatic rings. The molecule has 2 heteroatoms. The Balaban J connectivity index is 2.05. The predicted molar refractivity (Wildman–Crippen MR) is 60.5 cm³/mol. The van der Waals surface area contributed by atoms with Crippen molar-refractivity contribution in [3.05, 3.63) is 0 Å². The molecule has 0 amide bonds. The van der Waals surface area contributed by atoms with E-state index in [4.69, 9.17) is 0 Å². The molecule has 0 aromatic heterocycles. The van der Waals surface area contributed by atoms with Crippen molar-refractivity contribution in [3.63, 3.8) is 0 Å². The van der Waals surface area contributed by atoms with Gasteiger partial charge in [-0.1, -0.05) is 20.3 Å². The third-order valence-corrected chi connectivity index (χ3v) is 4.15. The van der Waals surface area contributed by atoms with Crippen LogP contribution in [0.15, 0.2) is 0 Å². The lowest BCUT2D eigenvalue weighted by Crippen LogP contribution is -2.56. The number of piperazine rings is 1. The van der Waals surface area contributed by atoms with E-state index in [0.717, 1.165) is 12.1 Å². The summed E-state index contributed by atoms with van der Waals surface area (Å²) in [6.07, 6.45) is 4.25. The number of hydrogen-bond acceptors (Lipinski definition) is 2. The fraction of sp³-hybridized carbons (Fsp3) is 1.00. The molecule has 0 aromatic rings. The highest BCUT2D eigenvalue weighted by Gasteiger charge is 2.40. The SMILES string of the molecule is C[C@H]1CNCCN1C1CCCC1(C)C. The molecular formula is C12H24N2. The second-order valence-electron chi connectivity index (χ2n) is 5.69. The third kappa shape index (κ3) is 1.82. The molecule has 0 spiro atoms. The van der Waals surface area contributed by atoms with E-state index in [2.05, 4.69) is 31.0 Å². The number of nitrogens with zero attached hydrogens (tertiary/aromatic N) is 1. The minimum absolute atomic E-state index is 0.547. The zero-order valence-corrected chi connectivity index (χ0v) is 9.84. The van der Waals surface area contributed by atoms with Crippen molar-refractivity contribution >= 4 is 0 Å². The first kappa shape index (κ1) is 10.4. The van der Waals surface area contributed by atoms with Crippen LogP contribution in [-0.4, -0.2) is 36.6 Å². The molecule has 2 rings (SSSR count). The van der Waals surface area contributed by atoms with Crippen LogP contribution in [0.3, 0.4) is 0 Å². The highest BCUT2D eigenvalue weighted by atomic mass is 15.2. The van der Waals surface area contributed by atoms with Gasteiger partial charge in [0.05, 0.1) is 0 Å². The molecule has 1 unspecified atom stereocenters. The summed E-state index contributed by atoms with van der Waals surface area (Å²) in [7, 11) is 0. The number of nitrogens with one attached hydrogen (secondary N) is 1. The van der Waals surface area contributed by atoms with Crippen LogP contribution in [0.1, 0.15) is 40.0 Å². The van der Waals surface area contributed by atoms with E-state index in [-0.39, 0.29) is 0 Å². The Morgan fingerprint density at radius 3 is 2.71 bits per heavy atom. The maximum absolute atomic E-state index is 3.47. The summed E-state index contributed by atoms with van der Waals surface area (Å²) < 4.78 is 0. The number of hydrogen-bond donors (Lipinski definition) is 1. The molecule has 2 nitrogen and oxygen atoms in total. The average molecular weight is 196 g/mol. The van der Waals surface area contributed by atoms with Crippen LogP contribution in [0.2, 0.25) is 0 Å². The molecule has 1 saturated heterocycles. The Morgan fingerprint density at radius 1 is 1.36 bits per heavy atom. The lowest BCUT2D eigenvalue weighted by molar-refractivity contribution is 0.0598. The van der Waals surface area contributed by atoms with E-state index in [1.54, 1.807) is 0 Å². The standard InChI is InChI=1S/C12H24N2/c1-10-9-13-7-8-14(10)11-5-4-6-12(11,2)3/h10-11,13H,4-9H2,1-3H3/t10-,11?/m0/s1. The molecule has 1 aliphatic heterocycles. The van der Waals surface area contributed by atoms with Gasteiger partial charge in [-0.15, -0.1) is 0 Å². The summed E-state index contributed by atoms with van der Waals surface area (Å²) in [4.78, 5) is 2.74. The van der Waals surface area contributed by atoms with Crippen molar-refractivity contribution in [1.82, 2.24) is 10.2 Å².